The quantitative estimate of drug-likeness (QED) is 0.855. The van der Waals surface area contributed by atoms with Crippen LogP contribution in [-0.4, -0.2) is 46.8 Å². The van der Waals surface area contributed by atoms with Gasteiger partial charge in [0.1, 0.15) is 17.0 Å². The van der Waals surface area contributed by atoms with Crippen LogP contribution in [0.25, 0.3) is 11.0 Å². The molecule has 1 aliphatic rings. The summed E-state index contributed by atoms with van der Waals surface area (Å²) < 4.78 is 1.59. The van der Waals surface area contributed by atoms with Crippen molar-refractivity contribution in [3.63, 3.8) is 0 Å². The molecular formula is C15H18N4O3. The molecule has 1 saturated heterocycles. The van der Waals surface area contributed by atoms with Crippen LogP contribution in [0.2, 0.25) is 0 Å². The van der Waals surface area contributed by atoms with Crippen LogP contribution in [0.4, 0.5) is 5.82 Å². The van der Waals surface area contributed by atoms with Crippen LogP contribution >= 0.6 is 0 Å². The summed E-state index contributed by atoms with van der Waals surface area (Å²) in [4.78, 5) is 30.0. The van der Waals surface area contributed by atoms with Gasteiger partial charge < -0.3 is 19.9 Å². The molecule has 0 amide bonds. The number of carboxylic acids is 1. The third-order valence-corrected chi connectivity index (χ3v) is 4.16. The van der Waals surface area contributed by atoms with Gasteiger partial charge in [0, 0.05) is 32.4 Å². The fourth-order valence-electron chi connectivity index (χ4n) is 2.88. The number of hydrogen-bond donors (Lipinski definition) is 2. The molecule has 7 nitrogen and oxygen atoms in total. The third-order valence-electron chi connectivity index (χ3n) is 4.16. The first-order valence-electron chi connectivity index (χ1n) is 7.17. The molecule has 0 radical (unpaired) electrons. The van der Waals surface area contributed by atoms with E-state index in [2.05, 4.69) is 15.2 Å². The minimum Gasteiger partial charge on any atom is -0.477 e. The number of hydrogen-bond acceptors (Lipinski definition) is 5. The first-order chi connectivity index (χ1) is 10.5. The molecule has 3 heterocycles. The maximum atomic E-state index is 12.2. The Balaban J connectivity index is 2.08. The standard InChI is InChI=1S/C15H18N4O3/c1-16-9-5-6-19(7-9)12-4-3-10-13(20)11(15(21)22)8-18(2)14(10)17-12/h3-4,8-9,16H,5-7H2,1-2H3,(H,21,22)/t9-/m1/s1. The number of aromatic carboxylic acids is 1. The molecule has 0 spiro atoms. The molecule has 0 unspecified atom stereocenters. The summed E-state index contributed by atoms with van der Waals surface area (Å²) in [6.45, 7) is 1.78. The number of aryl methyl sites for hydroxylation is 1. The van der Waals surface area contributed by atoms with Gasteiger partial charge in [0.05, 0.1) is 5.39 Å². The van der Waals surface area contributed by atoms with Gasteiger partial charge in [0.25, 0.3) is 0 Å². The Bertz CT molecular complexity index is 799. The minimum absolute atomic E-state index is 0.235. The lowest BCUT2D eigenvalue weighted by Gasteiger charge is -2.18. The van der Waals surface area contributed by atoms with Crippen molar-refractivity contribution in [2.45, 2.75) is 12.5 Å². The highest BCUT2D eigenvalue weighted by Gasteiger charge is 2.23. The first kappa shape index (κ1) is 14.5. The normalized spacial score (nSPS) is 18.1. The molecule has 1 fully saturated rings. The maximum absolute atomic E-state index is 12.2. The Morgan fingerprint density at radius 1 is 1.45 bits per heavy atom. The molecule has 1 aliphatic heterocycles. The zero-order chi connectivity index (χ0) is 15.9. The van der Waals surface area contributed by atoms with E-state index in [1.165, 1.54) is 6.20 Å². The van der Waals surface area contributed by atoms with E-state index in [1.54, 1.807) is 23.7 Å². The monoisotopic (exact) mass is 302 g/mol. The largest absolute Gasteiger partial charge is 0.477 e. The van der Waals surface area contributed by atoms with Crippen molar-refractivity contribution in [2.24, 2.45) is 7.05 Å². The smallest absolute Gasteiger partial charge is 0.341 e. The van der Waals surface area contributed by atoms with Crippen molar-refractivity contribution in [1.29, 1.82) is 0 Å². The molecule has 116 valence electrons. The molecule has 0 aromatic carbocycles. The molecule has 1 atom stereocenters. The molecule has 0 aliphatic carbocycles. The summed E-state index contributed by atoms with van der Waals surface area (Å²) in [5, 5.41) is 12.7. The maximum Gasteiger partial charge on any atom is 0.341 e. The molecule has 22 heavy (non-hydrogen) atoms. The SMILES string of the molecule is CN[C@@H]1CCN(c2ccc3c(=O)c(C(=O)O)cn(C)c3n2)C1. The number of carbonyl (C=O) groups is 1. The predicted molar refractivity (Wildman–Crippen MR) is 83.6 cm³/mol. The van der Waals surface area contributed by atoms with Gasteiger partial charge in [-0.05, 0) is 25.6 Å². The predicted octanol–water partition coefficient (Wildman–Crippen LogP) is 0.430. The third kappa shape index (κ3) is 2.33. The number of pyridine rings is 2. The number of nitrogens with one attached hydrogen (secondary N) is 1. The summed E-state index contributed by atoms with van der Waals surface area (Å²) in [5.74, 6) is -0.411. The summed E-state index contributed by atoms with van der Waals surface area (Å²) >= 11 is 0. The number of anilines is 1. The molecule has 2 aromatic rings. The molecular weight excluding hydrogens is 284 g/mol. The molecule has 3 rings (SSSR count). The number of likely N-dealkylation sites (N-methyl/N-ethyl adjacent to an activating group) is 1. The Kier molecular flexibility index (Phi) is 3.58. The van der Waals surface area contributed by atoms with Gasteiger partial charge in [0.2, 0.25) is 5.43 Å². The van der Waals surface area contributed by atoms with E-state index in [4.69, 9.17) is 5.11 Å². The van der Waals surface area contributed by atoms with Crippen LogP contribution in [0.1, 0.15) is 16.8 Å². The van der Waals surface area contributed by atoms with E-state index in [9.17, 15) is 9.59 Å². The van der Waals surface area contributed by atoms with Crippen molar-refractivity contribution >= 4 is 22.8 Å². The van der Waals surface area contributed by atoms with Gasteiger partial charge in [-0.2, -0.15) is 0 Å². The molecule has 2 aromatic heterocycles. The molecule has 0 saturated carbocycles. The highest BCUT2D eigenvalue weighted by molar-refractivity contribution is 5.92. The van der Waals surface area contributed by atoms with E-state index in [-0.39, 0.29) is 5.56 Å². The summed E-state index contributed by atoms with van der Waals surface area (Å²) in [5.41, 5.74) is -0.226. The average Bonchev–Trinajstić information content (AvgIpc) is 2.99. The van der Waals surface area contributed by atoms with Crippen LogP contribution in [-0.2, 0) is 7.05 Å². The fraction of sp³-hybridized carbons (Fsp3) is 0.400. The zero-order valence-electron chi connectivity index (χ0n) is 12.5. The molecule has 2 N–H and O–H groups in total. The topological polar surface area (TPSA) is 87.5 Å². The van der Waals surface area contributed by atoms with Gasteiger partial charge in [-0.25, -0.2) is 9.78 Å². The van der Waals surface area contributed by atoms with Crippen LogP contribution in [0.5, 0.6) is 0 Å². The summed E-state index contributed by atoms with van der Waals surface area (Å²) in [6, 6.07) is 3.89. The van der Waals surface area contributed by atoms with Crippen molar-refractivity contribution < 1.29 is 9.90 Å². The van der Waals surface area contributed by atoms with Gasteiger partial charge in [-0.1, -0.05) is 0 Å². The number of nitrogens with zero attached hydrogens (tertiary/aromatic N) is 3. The second-order valence-corrected chi connectivity index (χ2v) is 5.55. The minimum atomic E-state index is -1.22. The first-order valence-corrected chi connectivity index (χ1v) is 7.17. The van der Waals surface area contributed by atoms with Crippen LogP contribution in [0.15, 0.2) is 23.1 Å². The second kappa shape index (κ2) is 5.42. The van der Waals surface area contributed by atoms with Gasteiger partial charge in [-0.15, -0.1) is 0 Å². The Morgan fingerprint density at radius 3 is 2.86 bits per heavy atom. The number of aromatic nitrogens is 2. The summed E-state index contributed by atoms with van der Waals surface area (Å²) in [6.07, 6.45) is 2.37. The van der Waals surface area contributed by atoms with Gasteiger partial charge in [0.15, 0.2) is 0 Å². The number of rotatable bonds is 3. The van der Waals surface area contributed by atoms with Crippen molar-refractivity contribution in [3.05, 3.63) is 34.1 Å². The van der Waals surface area contributed by atoms with Crippen LogP contribution < -0.4 is 15.6 Å². The highest BCUT2D eigenvalue weighted by atomic mass is 16.4. The zero-order valence-corrected chi connectivity index (χ0v) is 12.5. The lowest BCUT2D eigenvalue weighted by Crippen LogP contribution is -2.30. The fourth-order valence-corrected chi connectivity index (χ4v) is 2.88. The van der Waals surface area contributed by atoms with Crippen molar-refractivity contribution in [2.75, 3.05) is 25.0 Å². The lowest BCUT2D eigenvalue weighted by atomic mass is 10.2. The van der Waals surface area contributed by atoms with E-state index >= 15 is 0 Å². The van der Waals surface area contributed by atoms with Crippen LogP contribution in [0, 0.1) is 0 Å². The lowest BCUT2D eigenvalue weighted by molar-refractivity contribution is 0.0695. The average molecular weight is 302 g/mol. The molecule has 7 heteroatoms. The van der Waals surface area contributed by atoms with Crippen molar-refractivity contribution in [3.8, 4) is 0 Å². The van der Waals surface area contributed by atoms with Crippen LogP contribution in [0.3, 0.4) is 0 Å². The number of fused-ring (bicyclic) bond motifs is 1. The van der Waals surface area contributed by atoms with E-state index < -0.39 is 11.4 Å². The summed E-state index contributed by atoms with van der Waals surface area (Å²) in [7, 11) is 3.64. The van der Waals surface area contributed by atoms with E-state index in [0.717, 1.165) is 25.3 Å². The van der Waals surface area contributed by atoms with E-state index in [1.807, 2.05) is 7.05 Å². The van der Waals surface area contributed by atoms with Gasteiger partial charge >= 0.3 is 5.97 Å². The van der Waals surface area contributed by atoms with Gasteiger partial charge in [-0.3, -0.25) is 4.79 Å². The number of carboxylic acid groups (broad SMARTS) is 1. The van der Waals surface area contributed by atoms with E-state index in [0.29, 0.717) is 17.1 Å². The Hall–Kier alpha value is -2.41. The second-order valence-electron chi connectivity index (χ2n) is 5.55. The Morgan fingerprint density at radius 2 is 2.23 bits per heavy atom. The highest BCUT2D eigenvalue weighted by Crippen LogP contribution is 2.20. The van der Waals surface area contributed by atoms with Crippen molar-refractivity contribution in [1.82, 2.24) is 14.9 Å². The molecule has 0 bridgehead atoms. The Labute approximate surface area is 127 Å².